The number of benzene rings is 4. The Hall–Kier alpha value is -4.68. The molecule has 0 spiro atoms. The minimum absolute atomic E-state index is 0.0898. The first-order valence-electron chi connectivity index (χ1n) is 16.1. The Kier molecular flexibility index (Phi) is 11.6. The van der Waals surface area contributed by atoms with Crippen LogP contribution in [0, 0.1) is 6.92 Å². The number of alkyl halides is 1. The summed E-state index contributed by atoms with van der Waals surface area (Å²) in [7, 11) is 0. The molecule has 0 amide bonds. The van der Waals surface area contributed by atoms with Gasteiger partial charge in [0.25, 0.3) is 5.56 Å². The van der Waals surface area contributed by atoms with Crippen LogP contribution in [0.25, 0.3) is 0 Å². The van der Waals surface area contributed by atoms with Gasteiger partial charge in [-0.15, -0.1) is 11.6 Å². The number of aromatic nitrogens is 2. The van der Waals surface area contributed by atoms with Gasteiger partial charge in [-0.05, 0) is 77.3 Å². The SMILES string of the molecule is Cc1cn(CC(=O)OCc2ccc(C(C)C(CC(CCc3ccccc3)c3ccc(CCl)cc3)c3ccccc3)cc2)c(=O)[nH]c1=O. The second kappa shape index (κ2) is 16.2. The van der Waals surface area contributed by atoms with E-state index in [4.69, 9.17) is 16.3 Å². The van der Waals surface area contributed by atoms with E-state index in [1.807, 2.05) is 12.1 Å². The molecule has 3 atom stereocenters. The van der Waals surface area contributed by atoms with Crippen molar-refractivity contribution in [2.24, 2.45) is 0 Å². The Morgan fingerprint density at radius 2 is 1.40 bits per heavy atom. The predicted octanol–water partition coefficient (Wildman–Crippen LogP) is 8.02. The van der Waals surface area contributed by atoms with Gasteiger partial charge in [-0.3, -0.25) is 19.1 Å². The van der Waals surface area contributed by atoms with E-state index in [0.717, 1.165) is 35.0 Å². The molecule has 6 nitrogen and oxygen atoms in total. The van der Waals surface area contributed by atoms with Crippen molar-refractivity contribution in [2.75, 3.05) is 0 Å². The highest BCUT2D eigenvalue weighted by atomic mass is 35.5. The normalized spacial score (nSPS) is 13.1. The summed E-state index contributed by atoms with van der Waals surface area (Å²) in [5, 5.41) is 0. The minimum Gasteiger partial charge on any atom is -0.459 e. The van der Waals surface area contributed by atoms with Crippen molar-refractivity contribution in [2.45, 2.75) is 69.9 Å². The monoisotopic (exact) mass is 648 g/mol. The fraction of sp³-hybridized carbons (Fsp3) is 0.275. The van der Waals surface area contributed by atoms with Gasteiger partial charge in [0.15, 0.2) is 0 Å². The molecule has 0 radical (unpaired) electrons. The second-order valence-electron chi connectivity index (χ2n) is 12.2. The van der Waals surface area contributed by atoms with Crippen LogP contribution in [0.5, 0.6) is 0 Å². The number of rotatable bonds is 14. The summed E-state index contributed by atoms with van der Waals surface area (Å²) < 4.78 is 6.60. The third-order valence-corrected chi connectivity index (χ3v) is 9.30. The summed E-state index contributed by atoms with van der Waals surface area (Å²) in [6, 6.07) is 38.4. The average molecular weight is 649 g/mol. The Morgan fingerprint density at radius 1 is 0.787 bits per heavy atom. The van der Waals surface area contributed by atoms with Gasteiger partial charge < -0.3 is 4.74 Å². The molecule has 0 bridgehead atoms. The Balaban J connectivity index is 1.31. The van der Waals surface area contributed by atoms with Crippen molar-refractivity contribution in [3.8, 4) is 0 Å². The molecule has 1 N–H and O–H groups in total. The lowest BCUT2D eigenvalue weighted by molar-refractivity contribution is -0.145. The maximum absolute atomic E-state index is 12.5. The van der Waals surface area contributed by atoms with Crippen molar-refractivity contribution in [3.63, 3.8) is 0 Å². The van der Waals surface area contributed by atoms with E-state index in [2.05, 4.69) is 109 Å². The molecule has 242 valence electrons. The third kappa shape index (κ3) is 9.20. The lowest BCUT2D eigenvalue weighted by atomic mass is 9.74. The molecule has 0 saturated heterocycles. The maximum Gasteiger partial charge on any atom is 0.328 e. The van der Waals surface area contributed by atoms with Gasteiger partial charge in [-0.2, -0.15) is 0 Å². The molecular formula is C40H41ClN2O4. The minimum atomic E-state index is -0.640. The van der Waals surface area contributed by atoms with Crippen LogP contribution in [-0.2, 0) is 35.0 Å². The van der Waals surface area contributed by atoms with Crippen LogP contribution in [0.1, 0.15) is 76.5 Å². The number of nitrogens with zero attached hydrogens (tertiary/aromatic N) is 1. The highest BCUT2D eigenvalue weighted by molar-refractivity contribution is 6.17. The fourth-order valence-corrected chi connectivity index (χ4v) is 6.33. The number of ether oxygens (including phenoxy) is 1. The van der Waals surface area contributed by atoms with Gasteiger partial charge in [-0.1, -0.05) is 116 Å². The van der Waals surface area contributed by atoms with E-state index in [0.29, 0.717) is 17.4 Å². The lowest BCUT2D eigenvalue weighted by Crippen LogP contribution is -2.33. The van der Waals surface area contributed by atoms with E-state index in [9.17, 15) is 14.4 Å². The highest BCUT2D eigenvalue weighted by Gasteiger charge is 2.26. The topological polar surface area (TPSA) is 81.2 Å². The quantitative estimate of drug-likeness (QED) is 0.0977. The highest BCUT2D eigenvalue weighted by Crippen LogP contribution is 2.41. The first-order chi connectivity index (χ1) is 22.8. The van der Waals surface area contributed by atoms with Gasteiger partial charge in [0.05, 0.1) is 0 Å². The molecule has 5 rings (SSSR count). The van der Waals surface area contributed by atoms with E-state index in [1.54, 1.807) is 6.92 Å². The fourth-order valence-electron chi connectivity index (χ4n) is 6.15. The summed E-state index contributed by atoms with van der Waals surface area (Å²) in [5.74, 6) is 0.798. The molecule has 0 aliphatic carbocycles. The zero-order valence-corrected chi connectivity index (χ0v) is 27.7. The standard InChI is InChI=1S/C40H41ClN2O4/c1-28-25-43(40(46)42-39(28)45)26-38(44)47-27-32-16-18-33(19-17-32)29(2)37(35-11-7-4-8-12-35)23-36(22-13-30-9-5-3-6-10-30)34-20-14-31(24-41)15-21-34/h3-12,14-21,25,29,36-37H,13,22-24,26-27H2,1-2H3,(H,42,45,46). The van der Waals surface area contributed by atoms with Gasteiger partial charge in [0.1, 0.15) is 13.2 Å². The van der Waals surface area contributed by atoms with E-state index in [1.165, 1.54) is 28.5 Å². The molecule has 1 aromatic heterocycles. The van der Waals surface area contributed by atoms with Crippen molar-refractivity contribution in [1.82, 2.24) is 9.55 Å². The largest absolute Gasteiger partial charge is 0.459 e. The molecule has 0 aliphatic heterocycles. The second-order valence-corrected chi connectivity index (χ2v) is 12.5. The van der Waals surface area contributed by atoms with Crippen molar-refractivity contribution >= 4 is 17.6 Å². The van der Waals surface area contributed by atoms with E-state index in [-0.39, 0.29) is 25.0 Å². The number of carbonyl (C=O) groups excluding carboxylic acids is 1. The van der Waals surface area contributed by atoms with Gasteiger partial charge in [-0.25, -0.2) is 4.79 Å². The van der Waals surface area contributed by atoms with E-state index < -0.39 is 17.2 Å². The summed E-state index contributed by atoms with van der Waals surface area (Å²) in [6.45, 7) is 3.69. The summed E-state index contributed by atoms with van der Waals surface area (Å²) in [5.41, 5.74) is 6.42. The average Bonchev–Trinajstić information content (AvgIpc) is 3.10. The van der Waals surface area contributed by atoms with Crippen molar-refractivity contribution in [1.29, 1.82) is 0 Å². The molecule has 7 heteroatoms. The van der Waals surface area contributed by atoms with Gasteiger partial charge in [0, 0.05) is 17.6 Å². The third-order valence-electron chi connectivity index (χ3n) is 8.99. The number of hydrogen-bond acceptors (Lipinski definition) is 4. The number of aryl methyl sites for hydroxylation is 2. The molecule has 5 aromatic rings. The smallest absolute Gasteiger partial charge is 0.328 e. The summed E-state index contributed by atoms with van der Waals surface area (Å²) >= 11 is 6.12. The zero-order chi connectivity index (χ0) is 33.2. The van der Waals surface area contributed by atoms with Crippen LogP contribution < -0.4 is 11.2 Å². The lowest BCUT2D eigenvalue weighted by Gasteiger charge is -2.30. The maximum atomic E-state index is 12.5. The molecule has 47 heavy (non-hydrogen) atoms. The molecule has 0 saturated carbocycles. The Labute approximate surface area is 281 Å². The summed E-state index contributed by atoms with van der Waals surface area (Å²) in [4.78, 5) is 38.3. The first-order valence-corrected chi connectivity index (χ1v) is 16.6. The number of aromatic amines is 1. The van der Waals surface area contributed by atoms with Crippen molar-refractivity contribution in [3.05, 3.63) is 175 Å². The molecule has 0 fully saturated rings. The van der Waals surface area contributed by atoms with Crippen LogP contribution in [0.4, 0.5) is 0 Å². The van der Waals surface area contributed by atoms with Crippen LogP contribution in [0.3, 0.4) is 0 Å². The number of halogens is 1. The van der Waals surface area contributed by atoms with Crippen LogP contribution in [-0.4, -0.2) is 15.5 Å². The van der Waals surface area contributed by atoms with Gasteiger partial charge in [0.2, 0.25) is 0 Å². The molecule has 1 heterocycles. The number of esters is 1. The van der Waals surface area contributed by atoms with Crippen molar-refractivity contribution < 1.29 is 9.53 Å². The zero-order valence-electron chi connectivity index (χ0n) is 26.9. The van der Waals surface area contributed by atoms with Crippen LogP contribution in [0.2, 0.25) is 0 Å². The molecule has 3 unspecified atom stereocenters. The Bertz CT molecular complexity index is 1850. The number of hydrogen-bond donors (Lipinski definition) is 1. The predicted molar refractivity (Wildman–Crippen MR) is 188 cm³/mol. The van der Waals surface area contributed by atoms with Gasteiger partial charge >= 0.3 is 11.7 Å². The van der Waals surface area contributed by atoms with E-state index >= 15 is 0 Å². The number of H-pyrrole nitrogens is 1. The molecular weight excluding hydrogens is 608 g/mol. The van der Waals surface area contributed by atoms with Crippen LogP contribution >= 0.6 is 11.6 Å². The number of carbonyl (C=O) groups is 1. The summed E-state index contributed by atoms with van der Waals surface area (Å²) in [6.07, 6.45) is 4.39. The molecule has 4 aromatic carbocycles. The molecule has 0 aliphatic rings. The Morgan fingerprint density at radius 3 is 2.06 bits per heavy atom. The number of nitrogens with one attached hydrogen (secondary N) is 1. The first kappa shape index (κ1) is 33.7. The van der Waals surface area contributed by atoms with Crippen LogP contribution in [0.15, 0.2) is 125 Å².